The Balaban J connectivity index is 1.70. The lowest BCUT2D eigenvalue weighted by molar-refractivity contribution is -0.121. The van der Waals surface area contributed by atoms with Crippen LogP contribution in [0, 0.1) is 0 Å². The second-order valence-electron chi connectivity index (χ2n) is 6.04. The van der Waals surface area contributed by atoms with Crippen molar-refractivity contribution in [3.05, 3.63) is 53.1 Å². The Hall–Kier alpha value is -2.18. The molecular weight excluding hydrogens is 372 g/mol. The molecule has 2 aromatic rings. The van der Waals surface area contributed by atoms with E-state index >= 15 is 0 Å². The molecule has 0 bridgehead atoms. The molecule has 5 nitrogen and oxygen atoms in total. The normalized spacial score (nSPS) is 16.5. The molecule has 1 atom stereocenters. The lowest BCUT2D eigenvalue weighted by Crippen LogP contribution is -2.35. The smallest absolute Gasteiger partial charge is 0.338 e. The maximum atomic E-state index is 12.7. The first kappa shape index (κ1) is 18.6. The molecule has 1 unspecified atom stereocenters. The van der Waals surface area contributed by atoms with E-state index in [0.717, 1.165) is 17.0 Å². The van der Waals surface area contributed by atoms with Gasteiger partial charge in [0.15, 0.2) is 6.61 Å². The van der Waals surface area contributed by atoms with Crippen molar-refractivity contribution in [2.75, 3.05) is 23.8 Å². The van der Waals surface area contributed by atoms with Gasteiger partial charge in [0.1, 0.15) is 0 Å². The Labute approximate surface area is 161 Å². The van der Waals surface area contributed by atoms with E-state index < -0.39 is 5.97 Å². The average molecular weight is 391 g/mol. The minimum Gasteiger partial charge on any atom is -0.452 e. The van der Waals surface area contributed by atoms with Crippen LogP contribution in [0.25, 0.3) is 0 Å². The summed E-state index contributed by atoms with van der Waals surface area (Å²) in [6, 6.07) is 12.3. The summed E-state index contributed by atoms with van der Waals surface area (Å²) >= 11 is 7.60. The fraction of sp³-hybridized carbons (Fsp3) is 0.263. The summed E-state index contributed by atoms with van der Waals surface area (Å²) in [4.78, 5) is 27.6. The van der Waals surface area contributed by atoms with Crippen molar-refractivity contribution >= 4 is 46.6 Å². The van der Waals surface area contributed by atoms with Gasteiger partial charge < -0.3 is 15.4 Å². The Morgan fingerprint density at radius 3 is 2.85 bits per heavy atom. The SMILES string of the molecule is CC1CCN(C(=O)COC(=O)c2ccc(Cl)c(N)c2)c2ccccc2S1. The van der Waals surface area contributed by atoms with Crippen LogP contribution in [0.1, 0.15) is 23.7 Å². The van der Waals surface area contributed by atoms with E-state index in [2.05, 4.69) is 6.92 Å². The molecule has 0 fully saturated rings. The van der Waals surface area contributed by atoms with E-state index in [1.807, 2.05) is 24.3 Å². The maximum Gasteiger partial charge on any atom is 0.338 e. The number of hydrogen-bond donors (Lipinski definition) is 1. The van der Waals surface area contributed by atoms with Gasteiger partial charge in [-0.05, 0) is 36.8 Å². The molecule has 2 aromatic carbocycles. The first-order valence-electron chi connectivity index (χ1n) is 8.24. The molecule has 0 saturated heterocycles. The van der Waals surface area contributed by atoms with Gasteiger partial charge in [0.25, 0.3) is 5.91 Å². The molecule has 1 amide bonds. The van der Waals surface area contributed by atoms with Crippen LogP contribution in [-0.4, -0.2) is 30.3 Å². The fourth-order valence-corrected chi connectivity index (χ4v) is 3.94. The van der Waals surface area contributed by atoms with Gasteiger partial charge in [-0.15, -0.1) is 11.8 Å². The number of nitrogens with zero attached hydrogens (tertiary/aromatic N) is 1. The number of nitrogen functional groups attached to an aromatic ring is 1. The minimum atomic E-state index is -0.604. The van der Waals surface area contributed by atoms with Gasteiger partial charge >= 0.3 is 5.97 Å². The number of thioether (sulfide) groups is 1. The van der Waals surface area contributed by atoms with E-state index in [-0.39, 0.29) is 18.1 Å². The zero-order valence-corrected chi connectivity index (χ0v) is 15.8. The fourth-order valence-electron chi connectivity index (χ4n) is 2.71. The number of para-hydroxylation sites is 1. The number of ether oxygens (including phenoxy) is 1. The number of halogens is 1. The molecule has 3 rings (SSSR count). The highest BCUT2D eigenvalue weighted by atomic mass is 35.5. The third-order valence-corrected chi connectivity index (χ3v) is 5.68. The molecule has 26 heavy (non-hydrogen) atoms. The van der Waals surface area contributed by atoms with E-state index in [1.54, 1.807) is 16.7 Å². The molecule has 1 aliphatic rings. The number of esters is 1. The summed E-state index contributed by atoms with van der Waals surface area (Å²) in [5.74, 6) is -0.852. The van der Waals surface area contributed by atoms with Gasteiger partial charge in [0.2, 0.25) is 0 Å². The van der Waals surface area contributed by atoms with Crippen molar-refractivity contribution in [1.29, 1.82) is 0 Å². The predicted molar refractivity (Wildman–Crippen MR) is 105 cm³/mol. The average Bonchev–Trinajstić information content (AvgIpc) is 2.80. The van der Waals surface area contributed by atoms with Crippen LogP contribution in [0.4, 0.5) is 11.4 Å². The number of nitrogens with two attached hydrogens (primary N) is 1. The minimum absolute atomic E-state index is 0.248. The summed E-state index contributed by atoms with van der Waals surface area (Å²) in [6.45, 7) is 2.41. The standard InChI is InChI=1S/C19H19ClN2O3S/c1-12-8-9-22(16-4-2-3-5-17(16)26-12)18(23)11-25-19(24)13-6-7-14(20)15(21)10-13/h2-7,10,12H,8-9,11,21H2,1H3. The molecule has 0 aliphatic carbocycles. The van der Waals surface area contributed by atoms with E-state index in [4.69, 9.17) is 22.1 Å². The second-order valence-corrected chi connectivity index (χ2v) is 7.93. The molecular formula is C19H19ClN2O3S. The van der Waals surface area contributed by atoms with Gasteiger partial charge in [0.05, 0.1) is 22.0 Å². The van der Waals surface area contributed by atoms with Crippen molar-refractivity contribution in [3.8, 4) is 0 Å². The van der Waals surface area contributed by atoms with Crippen LogP contribution in [-0.2, 0) is 9.53 Å². The topological polar surface area (TPSA) is 72.6 Å². The van der Waals surface area contributed by atoms with Crippen molar-refractivity contribution in [1.82, 2.24) is 0 Å². The zero-order chi connectivity index (χ0) is 18.7. The Morgan fingerprint density at radius 1 is 1.31 bits per heavy atom. The van der Waals surface area contributed by atoms with Crippen molar-refractivity contribution in [2.24, 2.45) is 0 Å². The van der Waals surface area contributed by atoms with Crippen molar-refractivity contribution < 1.29 is 14.3 Å². The largest absolute Gasteiger partial charge is 0.452 e. The third kappa shape index (κ3) is 4.14. The molecule has 136 valence electrons. The Kier molecular flexibility index (Phi) is 5.74. The second kappa shape index (κ2) is 8.01. The number of fused-ring (bicyclic) bond motifs is 1. The number of hydrogen-bond acceptors (Lipinski definition) is 5. The van der Waals surface area contributed by atoms with Crippen LogP contribution in [0.3, 0.4) is 0 Å². The van der Waals surface area contributed by atoms with Crippen molar-refractivity contribution in [2.45, 2.75) is 23.5 Å². The number of carbonyl (C=O) groups excluding carboxylic acids is 2. The predicted octanol–water partition coefficient (Wildman–Crippen LogP) is 4.00. The maximum absolute atomic E-state index is 12.7. The molecule has 0 radical (unpaired) electrons. The van der Waals surface area contributed by atoms with Crippen LogP contribution < -0.4 is 10.6 Å². The van der Waals surface area contributed by atoms with E-state index in [1.165, 1.54) is 18.2 Å². The highest BCUT2D eigenvalue weighted by Crippen LogP contribution is 2.37. The number of benzene rings is 2. The summed E-state index contributed by atoms with van der Waals surface area (Å²) in [6.07, 6.45) is 0.868. The number of amides is 1. The molecule has 0 aromatic heterocycles. The van der Waals surface area contributed by atoms with Crippen LogP contribution in [0.5, 0.6) is 0 Å². The van der Waals surface area contributed by atoms with Gasteiger partial charge in [-0.2, -0.15) is 0 Å². The Bertz CT molecular complexity index is 843. The highest BCUT2D eigenvalue weighted by molar-refractivity contribution is 8.00. The lowest BCUT2D eigenvalue weighted by atomic mass is 10.2. The monoisotopic (exact) mass is 390 g/mol. The molecule has 7 heteroatoms. The highest BCUT2D eigenvalue weighted by Gasteiger charge is 2.25. The first-order valence-corrected chi connectivity index (χ1v) is 9.49. The molecule has 1 heterocycles. The van der Waals surface area contributed by atoms with Gasteiger partial charge in [-0.25, -0.2) is 4.79 Å². The third-order valence-electron chi connectivity index (χ3n) is 4.10. The molecule has 0 saturated carbocycles. The van der Waals surface area contributed by atoms with E-state index in [0.29, 0.717) is 22.5 Å². The van der Waals surface area contributed by atoms with Crippen molar-refractivity contribution in [3.63, 3.8) is 0 Å². The van der Waals surface area contributed by atoms with E-state index in [9.17, 15) is 9.59 Å². The number of anilines is 2. The van der Waals surface area contributed by atoms with Crippen LogP contribution in [0.2, 0.25) is 5.02 Å². The molecule has 1 aliphatic heterocycles. The van der Waals surface area contributed by atoms with Gasteiger partial charge in [-0.3, -0.25) is 4.79 Å². The summed E-state index contributed by atoms with van der Waals surface area (Å²) < 4.78 is 5.19. The first-order chi connectivity index (χ1) is 12.5. The van der Waals surface area contributed by atoms with Crippen LogP contribution >= 0.6 is 23.4 Å². The molecule has 0 spiro atoms. The zero-order valence-electron chi connectivity index (χ0n) is 14.3. The quantitative estimate of drug-likeness (QED) is 0.633. The van der Waals surface area contributed by atoms with Crippen LogP contribution in [0.15, 0.2) is 47.4 Å². The summed E-state index contributed by atoms with van der Waals surface area (Å²) in [5.41, 5.74) is 7.11. The lowest BCUT2D eigenvalue weighted by Gasteiger charge is -2.22. The number of rotatable bonds is 3. The summed E-state index contributed by atoms with van der Waals surface area (Å²) in [5, 5.41) is 0.777. The Morgan fingerprint density at radius 2 is 2.08 bits per heavy atom. The molecule has 2 N–H and O–H groups in total. The van der Waals surface area contributed by atoms with Gasteiger partial charge in [-0.1, -0.05) is 30.7 Å². The van der Waals surface area contributed by atoms with Gasteiger partial charge in [0, 0.05) is 16.7 Å². The summed E-state index contributed by atoms with van der Waals surface area (Å²) in [7, 11) is 0. The number of carbonyl (C=O) groups is 2.